The molecule has 0 fully saturated rings. The lowest BCUT2D eigenvalue weighted by atomic mass is 10.2. The van der Waals surface area contributed by atoms with Crippen LogP contribution in [0.3, 0.4) is 0 Å². The Labute approximate surface area is 142 Å². The molecule has 0 saturated carbocycles. The summed E-state index contributed by atoms with van der Waals surface area (Å²) in [5.74, 6) is 0.837. The number of anilines is 1. The van der Waals surface area contributed by atoms with E-state index in [0.717, 1.165) is 17.0 Å². The molecule has 2 aromatic rings. The van der Waals surface area contributed by atoms with Gasteiger partial charge in [0.1, 0.15) is 5.75 Å². The molecule has 0 unspecified atom stereocenters. The van der Waals surface area contributed by atoms with Crippen molar-refractivity contribution in [2.45, 2.75) is 13.5 Å². The number of carbonyl (C=O) groups excluding carboxylic acids is 1. The molecule has 1 amide bonds. The summed E-state index contributed by atoms with van der Waals surface area (Å²) in [7, 11) is 1.78. The average Bonchev–Trinajstić information content (AvgIpc) is 2.56. The highest BCUT2D eigenvalue weighted by atomic mass is 35.5. The van der Waals surface area contributed by atoms with E-state index in [0.29, 0.717) is 18.2 Å². The number of amides is 1. The van der Waals surface area contributed by atoms with Gasteiger partial charge in [-0.05, 0) is 36.8 Å². The van der Waals surface area contributed by atoms with Crippen molar-refractivity contribution in [3.63, 3.8) is 0 Å². The fourth-order valence-electron chi connectivity index (χ4n) is 2.13. The Kier molecular flexibility index (Phi) is 6.29. The van der Waals surface area contributed by atoms with Crippen molar-refractivity contribution in [3.05, 3.63) is 59.1 Å². The van der Waals surface area contributed by atoms with E-state index in [-0.39, 0.29) is 12.5 Å². The predicted molar refractivity (Wildman–Crippen MR) is 94.0 cm³/mol. The highest BCUT2D eigenvalue weighted by molar-refractivity contribution is 6.33. The zero-order chi connectivity index (χ0) is 16.7. The van der Waals surface area contributed by atoms with Gasteiger partial charge in [-0.25, -0.2) is 0 Å². The van der Waals surface area contributed by atoms with Gasteiger partial charge in [-0.1, -0.05) is 35.9 Å². The summed E-state index contributed by atoms with van der Waals surface area (Å²) >= 11 is 6.06. The molecule has 0 aliphatic rings. The first-order valence-electron chi connectivity index (χ1n) is 7.54. The minimum atomic E-state index is -0.00111. The molecule has 0 aromatic heterocycles. The monoisotopic (exact) mass is 332 g/mol. The van der Waals surface area contributed by atoms with E-state index in [1.165, 1.54) is 0 Å². The van der Waals surface area contributed by atoms with E-state index in [1.54, 1.807) is 18.0 Å². The van der Waals surface area contributed by atoms with Crippen molar-refractivity contribution >= 4 is 23.2 Å². The second kappa shape index (κ2) is 8.44. The van der Waals surface area contributed by atoms with Crippen LogP contribution in [0.2, 0.25) is 5.02 Å². The number of para-hydroxylation sites is 1. The van der Waals surface area contributed by atoms with E-state index in [1.807, 2.05) is 49.4 Å². The quantitative estimate of drug-likeness (QED) is 0.838. The lowest BCUT2D eigenvalue weighted by Crippen LogP contribution is -2.31. The van der Waals surface area contributed by atoms with E-state index >= 15 is 0 Å². The summed E-state index contributed by atoms with van der Waals surface area (Å²) in [6.45, 7) is 3.35. The summed E-state index contributed by atoms with van der Waals surface area (Å²) in [6, 6.07) is 15.1. The molecule has 0 radical (unpaired) electrons. The molecule has 0 bridgehead atoms. The summed E-state index contributed by atoms with van der Waals surface area (Å²) < 4.78 is 5.41. The Bertz CT molecular complexity index is 644. The van der Waals surface area contributed by atoms with E-state index in [4.69, 9.17) is 16.3 Å². The molecule has 0 aliphatic carbocycles. The number of likely N-dealkylation sites (N-methyl/N-ethyl adjacent to an activating group) is 1. The van der Waals surface area contributed by atoms with Crippen LogP contribution in [-0.2, 0) is 11.3 Å². The summed E-state index contributed by atoms with van der Waals surface area (Å²) in [4.78, 5) is 13.9. The molecule has 2 rings (SSSR count). The highest BCUT2D eigenvalue weighted by Crippen LogP contribution is 2.20. The maximum Gasteiger partial charge on any atom is 0.241 e. The van der Waals surface area contributed by atoms with Crippen LogP contribution in [0, 0.1) is 0 Å². The van der Waals surface area contributed by atoms with Crippen LogP contribution in [0.25, 0.3) is 0 Å². The molecule has 0 atom stereocenters. The number of carbonyl (C=O) groups is 1. The van der Waals surface area contributed by atoms with Crippen molar-refractivity contribution in [3.8, 4) is 5.75 Å². The fraction of sp³-hybridized carbons (Fsp3) is 0.278. The zero-order valence-electron chi connectivity index (χ0n) is 13.4. The first kappa shape index (κ1) is 17.2. The maximum atomic E-state index is 12.2. The van der Waals surface area contributed by atoms with Crippen molar-refractivity contribution in [1.29, 1.82) is 0 Å². The Morgan fingerprint density at radius 1 is 1.17 bits per heavy atom. The van der Waals surface area contributed by atoms with Gasteiger partial charge < -0.3 is 15.0 Å². The van der Waals surface area contributed by atoms with E-state index < -0.39 is 0 Å². The largest absolute Gasteiger partial charge is 0.494 e. The molecule has 122 valence electrons. The Morgan fingerprint density at radius 3 is 2.52 bits per heavy atom. The Hall–Kier alpha value is -2.20. The molecule has 1 N–H and O–H groups in total. The molecular formula is C18H21ClN2O2. The standard InChI is InChI=1S/C18H21ClN2O2/c1-3-23-15-10-8-14(9-11-15)13-21(2)18(22)12-20-17-7-5-4-6-16(17)19/h4-11,20H,3,12-13H2,1-2H3. The van der Waals surface area contributed by atoms with Gasteiger partial charge in [0, 0.05) is 13.6 Å². The number of ether oxygens (including phenoxy) is 1. The first-order valence-corrected chi connectivity index (χ1v) is 7.92. The minimum absolute atomic E-state index is 0.00111. The number of benzene rings is 2. The van der Waals surface area contributed by atoms with Crippen LogP contribution in [0.5, 0.6) is 5.75 Å². The zero-order valence-corrected chi connectivity index (χ0v) is 14.1. The molecule has 0 heterocycles. The Balaban J connectivity index is 1.86. The van der Waals surface area contributed by atoms with Crippen LogP contribution in [0.4, 0.5) is 5.69 Å². The second-order valence-electron chi connectivity index (χ2n) is 5.16. The van der Waals surface area contributed by atoms with Crippen LogP contribution >= 0.6 is 11.6 Å². The lowest BCUT2D eigenvalue weighted by Gasteiger charge is -2.18. The topological polar surface area (TPSA) is 41.6 Å². The lowest BCUT2D eigenvalue weighted by molar-refractivity contribution is -0.128. The number of nitrogens with one attached hydrogen (secondary N) is 1. The number of nitrogens with zero attached hydrogens (tertiary/aromatic N) is 1. The predicted octanol–water partition coefficient (Wildman–Crippen LogP) is 3.81. The van der Waals surface area contributed by atoms with Gasteiger partial charge in [0.15, 0.2) is 0 Å². The van der Waals surface area contributed by atoms with E-state index in [9.17, 15) is 4.79 Å². The number of halogens is 1. The third kappa shape index (κ3) is 5.18. The maximum absolute atomic E-state index is 12.2. The smallest absolute Gasteiger partial charge is 0.241 e. The normalized spacial score (nSPS) is 10.2. The minimum Gasteiger partial charge on any atom is -0.494 e. The van der Waals surface area contributed by atoms with Gasteiger partial charge in [-0.3, -0.25) is 4.79 Å². The number of hydrogen-bond acceptors (Lipinski definition) is 3. The molecule has 0 spiro atoms. The van der Waals surface area contributed by atoms with Gasteiger partial charge in [0.2, 0.25) is 5.91 Å². The number of rotatable bonds is 7. The third-order valence-corrected chi connectivity index (χ3v) is 3.71. The SMILES string of the molecule is CCOc1ccc(CN(C)C(=O)CNc2ccccc2Cl)cc1. The van der Waals surface area contributed by atoms with Crippen LogP contribution in [-0.4, -0.2) is 31.0 Å². The molecule has 2 aromatic carbocycles. The van der Waals surface area contributed by atoms with Crippen LogP contribution in [0.15, 0.2) is 48.5 Å². The van der Waals surface area contributed by atoms with Gasteiger partial charge in [-0.2, -0.15) is 0 Å². The molecule has 0 aliphatic heterocycles. The van der Waals surface area contributed by atoms with Crippen molar-refractivity contribution in [2.75, 3.05) is 25.5 Å². The van der Waals surface area contributed by atoms with E-state index in [2.05, 4.69) is 5.32 Å². The van der Waals surface area contributed by atoms with Gasteiger partial charge in [0.25, 0.3) is 0 Å². The molecule has 23 heavy (non-hydrogen) atoms. The highest BCUT2D eigenvalue weighted by Gasteiger charge is 2.10. The van der Waals surface area contributed by atoms with Gasteiger partial charge in [-0.15, -0.1) is 0 Å². The van der Waals surface area contributed by atoms with Crippen molar-refractivity contribution < 1.29 is 9.53 Å². The van der Waals surface area contributed by atoms with Crippen LogP contribution in [0.1, 0.15) is 12.5 Å². The van der Waals surface area contributed by atoms with Crippen LogP contribution < -0.4 is 10.1 Å². The summed E-state index contributed by atoms with van der Waals surface area (Å²) in [6.07, 6.45) is 0. The van der Waals surface area contributed by atoms with Gasteiger partial charge in [0.05, 0.1) is 23.9 Å². The van der Waals surface area contributed by atoms with Crippen molar-refractivity contribution in [1.82, 2.24) is 4.90 Å². The summed E-state index contributed by atoms with van der Waals surface area (Å²) in [5, 5.41) is 3.67. The molecule has 0 saturated heterocycles. The fourth-order valence-corrected chi connectivity index (χ4v) is 2.33. The first-order chi connectivity index (χ1) is 11.1. The average molecular weight is 333 g/mol. The molecule has 5 heteroatoms. The second-order valence-corrected chi connectivity index (χ2v) is 5.57. The Morgan fingerprint density at radius 2 is 1.87 bits per heavy atom. The molecule has 4 nitrogen and oxygen atoms in total. The summed E-state index contributed by atoms with van der Waals surface area (Å²) in [5.41, 5.74) is 1.82. The number of hydrogen-bond donors (Lipinski definition) is 1. The van der Waals surface area contributed by atoms with Crippen molar-refractivity contribution in [2.24, 2.45) is 0 Å². The molecular weight excluding hydrogens is 312 g/mol. The third-order valence-electron chi connectivity index (χ3n) is 3.38. The van der Waals surface area contributed by atoms with Gasteiger partial charge >= 0.3 is 0 Å².